The van der Waals surface area contributed by atoms with Gasteiger partial charge in [-0.15, -0.1) is 11.6 Å². The number of halogens is 3. The second kappa shape index (κ2) is 4.84. The molecule has 0 radical (unpaired) electrons. The van der Waals surface area contributed by atoms with Gasteiger partial charge in [0.25, 0.3) is 0 Å². The summed E-state index contributed by atoms with van der Waals surface area (Å²) >= 11 is 5.55. The van der Waals surface area contributed by atoms with Crippen LogP contribution in [-0.2, 0) is 12.3 Å². The van der Waals surface area contributed by atoms with E-state index >= 15 is 0 Å². The van der Waals surface area contributed by atoms with Gasteiger partial charge in [-0.1, -0.05) is 6.92 Å². The van der Waals surface area contributed by atoms with E-state index in [4.69, 9.17) is 11.6 Å². The minimum Gasteiger partial charge on any atom is -0.298 e. The zero-order valence-electron chi connectivity index (χ0n) is 9.25. The number of benzene rings is 1. The number of nitrogens with zero attached hydrogens (tertiary/aromatic N) is 2. The summed E-state index contributed by atoms with van der Waals surface area (Å²) < 4.78 is 29.1. The van der Waals surface area contributed by atoms with E-state index in [0.717, 1.165) is 0 Å². The van der Waals surface area contributed by atoms with E-state index in [9.17, 15) is 8.78 Å². The maximum atomic E-state index is 13.8. The van der Waals surface area contributed by atoms with Gasteiger partial charge in [-0.2, -0.15) is 0 Å². The van der Waals surface area contributed by atoms with Gasteiger partial charge >= 0.3 is 0 Å². The molecule has 2 aromatic rings. The number of aryl methyl sites for hydroxylation is 1. The first-order valence-electron chi connectivity index (χ1n) is 5.23. The molecule has 0 aliphatic heterocycles. The zero-order valence-corrected chi connectivity index (χ0v) is 10.0. The molecule has 2 nitrogen and oxygen atoms in total. The van der Waals surface area contributed by atoms with E-state index in [1.807, 2.05) is 6.92 Å². The van der Waals surface area contributed by atoms with Crippen LogP contribution >= 0.6 is 11.6 Å². The van der Waals surface area contributed by atoms with Crippen molar-refractivity contribution in [1.82, 2.24) is 9.55 Å². The quantitative estimate of drug-likeness (QED) is 0.769. The molecule has 5 heteroatoms. The van der Waals surface area contributed by atoms with Crippen molar-refractivity contribution < 1.29 is 8.78 Å². The molecule has 2 rings (SSSR count). The van der Waals surface area contributed by atoms with Crippen LogP contribution in [0.1, 0.15) is 18.3 Å². The van der Waals surface area contributed by atoms with Crippen LogP contribution in [0.3, 0.4) is 0 Å². The lowest BCUT2D eigenvalue weighted by Crippen LogP contribution is -2.05. The Kier molecular flexibility index (Phi) is 3.43. The molecule has 0 saturated heterocycles. The molecule has 0 bridgehead atoms. The summed E-state index contributed by atoms with van der Waals surface area (Å²) in [6.45, 7) is 1.88. The average Bonchev–Trinajstić information content (AvgIpc) is 2.76. The van der Waals surface area contributed by atoms with Crippen LogP contribution in [-0.4, -0.2) is 9.55 Å². The fourth-order valence-electron chi connectivity index (χ4n) is 1.72. The molecule has 0 aliphatic carbocycles. The number of hydrogen-bond donors (Lipinski definition) is 0. The number of imidazole rings is 1. The van der Waals surface area contributed by atoms with Crippen LogP contribution in [0, 0.1) is 11.6 Å². The molecule has 17 heavy (non-hydrogen) atoms. The van der Waals surface area contributed by atoms with E-state index in [0.29, 0.717) is 17.8 Å². The van der Waals surface area contributed by atoms with Crippen LogP contribution in [0.25, 0.3) is 5.69 Å². The van der Waals surface area contributed by atoms with Crippen molar-refractivity contribution >= 4 is 11.6 Å². The molecule has 90 valence electrons. The van der Waals surface area contributed by atoms with Crippen LogP contribution < -0.4 is 0 Å². The lowest BCUT2D eigenvalue weighted by atomic mass is 10.2. The van der Waals surface area contributed by atoms with Crippen molar-refractivity contribution in [1.29, 1.82) is 0 Å². The molecule has 0 unspecified atom stereocenters. The number of aromatic nitrogens is 2. The predicted octanol–water partition coefficient (Wildman–Crippen LogP) is 3.45. The standard InChI is InChI=1S/C12H11ClF2N2/c1-2-11-16-3-4-17(11)12-9(14)5-8(7-13)6-10(12)15/h3-6H,2,7H2,1H3. The Morgan fingerprint density at radius 1 is 1.29 bits per heavy atom. The molecular weight excluding hydrogens is 246 g/mol. The van der Waals surface area contributed by atoms with E-state index in [1.54, 1.807) is 6.20 Å². The van der Waals surface area contributed by atoms with Crippen molar-refractivity contribution in [3.63, 3.8) is 0 Å². The SMILES string of the molecule is CCc1nccn1-c1c(F)cc(CCl)cc1F. The molecule has 0 fully saturated rings. The Bertz CT molecular complexity index is 514. The zero-order chi connectivity index (χ0) is 12.4. The Morgan fingerprint density at radius 2 is 1.94 bits per heavy atom. The average molecular weight is 257 g/mol. The Morgan fingerprint density at radius 3 is 2.47 bits per heavy atom. The minimum atomic E-state index is -0.631. The molecule has 0 N–H and O–H groups in total. The van der Waals surface area contributed by atoms with Crippen LogP contribution in [0.5, 0.6) is 0 Å². The second-order valence-corrected chi connectivity index (χ2v) is 3.88. The van der Waals surface area contributed by atoms with Crippen molar-refractivity contribution in [3.05, 3.63) is 47.5 Å². The fraction of sp³-hybridized carbons (Fsp3) is 0.250. The van der Waals surface area contributed by atoms with Crippen molar-refractivity contribution in [2.75, 3.05) is 0 Å². The van der Waals surface area contributed by atoms with Gasteiger partial charge in [0.15, 0.2) is 11.6 Å². The van der Waals surface area contributed by atoms with Gasteiger partial charge in [0.05, 0.1) is 0 Å². The molecular formula is C12H11ClF2N2. The van der Waals surface area contributed by atoms with Crippen molar-refractivity contribution in [2.24, 2.45) is 0 Å². The maximum Gasteiger partial charge on any atom is 0.150 e. The third-order valence-corrected chi connectivity index (χ3v) is 2.81. The minimum absolute atomic E-state index is 0.0820. The van der Waals surface area contributed by atoms with E-state index in [-0.39, 0.29) is 11.6 Å². The molecule has 1 heterocycles. The van der Waals surface area contributed by atoms with Gasteiger partial charge in [-0.05, 0) is 17.7 Å². The number of rotatable bonds is 3. The highest BCUT2D eigenvalue weighted by atomic mass is 35.5. The summed E-state index contributed by atoms with van der Waals surface area (Å²) in [7, 11) is 0. The molecule has 0 aliphatic rings. The summed E-state index contributed by atoms with van der Waals surface area (Å²) in [5.41, 5.74) is 0.316. The summed E-state index contributed by atoms with van der Waals surface area (Å²) in [6, 6.07) is 2.48. The largest absolute Gasteiger partial charge is 0.298 e. The smallest absolute Gasteiger partial charge is 0.150 e. The highest BCUT2D eigenvalue weighted by Gasteiger charge is 2.15. The lowest BCUT2D eigenvalue weighted by molar-refractivity contribution is 0.564. The van der Waals surface area contributed by atoms with Crippen LogP contribution in [0.15, 0.2) is 24.5 Å². The van der Waals surface area contributed by atoms with E-state index in [2.05, 4.69) is 4.98 Å². The van der Waals surface area contributed by atoms with Gasteiger partial charge in [0.1, 0.15) is 11.5 Å². The molecule has 0 spiro atoms. The predicted molar refractivity (Wildman–Crippen MR) is 62.4 cm³/mol. The molecule has 0 atom stereocenters. The maximum absolute atomic E-state index is 13.8. The molecule has 1 aromatic heterocycles. The molecule has 0 saturated carbocycles. The summed E-state index contributed by atoms with van der Waals surface area (Å²) in [6.07, 6.45) is 3.66. The first-order valence-corrected chi connectivity index (χ1v) is 5.77. The van der Waals surface area contributed by atoms with Crippen LogP contribution in [0.4, 0.5) is 8.78 Å². The number of hydrogen-bond acceptors (Lipinski definition) is 1. The van der Waals surface area contributed by atoms with Gasteiger partial charge in [0, 0.05) is 24.7 Å². The summed E-state index contributed by atoms with van der Waals surface area (Å²) in [5.74, 6) is -0.568. The first-order chi connectivity index (χ1) is 8.17. The summed E-state index contributed by atoms with van der Waals surface area (Å²) in [5, 5.41) is 0. The first kappa shape index (κ1) is 12.0. The van der Waals surface area contributed by atoms with E-state index < -0.39 is 11.6 Å². The Hall–Kier alpha value is -1.42. The van der Waals surface area contributed by atoms with Gasteiger partial charge in [0.2, 0.25) is 0 Å². The normalized spacial score (nSPS) is 10.8. The molecule has 0 amide bonds. The van der Waals surface area contributed by atoms with Gasteiger partial charge < -0.3 is 0 Å². The highest BCUT2D eigenvalue weighted by molar-refractivity contribution is 6.17. The number of alkyl halides is 1. The topological polar surface area (TPSA) is 17.8 Å². The Labute approximate surface area is 103 Å². The van der Waals surface area contributed by atoms with Gasteiger partial charge in [-0.3, -0.25) is 4.57 Å². The van der Waals surface area contributed by atoms with Crippen LogP contribution in [0.2, 0.25) is 0 Å². The molecule has 1 aromatic carbocycles. The van der Waals surface area contributed by atoms with E-state index in [1.165, 1.54) is 22.9 Å². The Balaban J connectivity index is 2.60. The fourth-order valence-corrected chi connectivity index (χ4v) is 1.88. The van der Waals surface area contributed by atoms with Crippen molar-refractivity contribution in [3.8, 4) is 5.69 Å². The highest BCUT2D eigenvalue weighted by Crippen LogP contribution is 2.22. The van der Waals surface area contributed by atoms with Gasteiger partial charge in [-0.25, -0.2) is 13.8 Å². The second-order valence-electron chi connectivity index (χ2n) is 3.61. The summed E-state index contributed by atoms with van der Waals surface area (Å²) in [4.78, 5) is 4.04. The monoisotopic (exact) mass is 256 g/mol. The lowest BCUT2D eigenvalue weighted by Gasteiger charge is -2.10. The third-order valence-electron chi connectivity index (χ3n) is 2.51. The third kappa shape index (κ3) is 2.17. The van der Waals surface area contributed by atoms with Crippen molar-refractivity contribution in [2.45, 2.75) is 19.2 Å².